The second-order valence-electron chi connectivity index (χ2n) is 7.04. The van der Waals surface area contributed by atoms with Gasteiger partial charge in [-0.15, -0.1) is 0 Å². The van der Waals surface area contributed by atoms with Gasteiger partial charge in [0.1, 0.15) is 0 Å². The van der Waals surface area contributed by atoms with Gasteiger partial charge in [-0.1, -0.05) is 26.7 Å². The summed E-state index contributed by atoms with van der Waals surface area (Å²) in [6, 6.07) is 0. The first-order valence-electron chi connectivity index (χ1n) is 7.53. The van der Waals surface area contributed by atoms with E-state index in [-0.39, 0.29) is 0 Å². The summed E-state index contributed by atoms with van der Waals surface area (Å²) in [6.45, 7) is 9.66. The molecule has 0 aromatic rings. The van der Waals surface area contributed by atoms with Crippen LogP contribution in [0, 0.1) is 17.3 Å². The molecule has 2 heteroatoms. The Balaban J connectivity index is 1.86. The van der Waals surface area contributed by atoms with E-state index in [1.807, 2.05) is 0 Å². The lowest BCUT2D eigenvalue weighted by atomic mass is 9.77. The van der Waals surface area contributed by atoms with Gasteiger partial charge in [-0.3, -0.25) is 0 Å². The average molecular weight is 238 g/mol. The van der Waals surface area contributed by atoms with Crippen molar-refractivity contribution in [1.82, 2.24) is 4.90 Å². The van der Waals surface area contributed by atoms with Crippen LogP contribution in [0.15, 0.2) is 0 Å². The van der Waals surface area contributed by atoms with Crippen molar-refractivity contribution >= 4 is 0 Å². The maximum atomic E-state index is 5.93. The Labute approximate surface area is 107 Å². The fourth-order valence-corrected chi connectivity index (χ4v) is 3.87. The molecule has 1 saturated carbocycles. The molecule has 2 atom stereocenters. The van der Waals surface area contributed by atoms with E-state index in [9.17, 15) is 0 Å². The molecular weight excluding hydrogens is 208 g/mol. The molecule has 2 fully saturated rings. The maximum Gasteiger partial charge on any atom is 0.00328 e. The molecule has 2 unspecified atom stereocenters. The molecule has 1 saturated heterocycles. The minimum absolute atomic E-state index is 0.533. The van der Waals surface area contributed by atoms with Crippen molar-refractivity contribution in [3.05, 3.63) is 0 Å². The molecule has 0 aromatic heterocycles. The van der Waals surface area contributed by atoms with Crippen molar-refractivity contribution < 1.29 is 0 Å². The summed E-state index contributed by atoms with van der Waals surface area (Å²) in [5.74, 6) is 1.68. The quantitative estimate of drug-likeness (QED) is 0.819. The molecule has 2 N–H and O–H groups in total. The molecule has 0 amide bonds. The standard InChI is InChI=1S/C15H30N2/c1-15(2)8-5-9-17(12-15)11-14-7-4-3-6-13(14)10-16/h13-14H,3-12,16H2,1-2H3. The fraction of sp³-hybridized carbons (Fsp3) is 1.00. The molecule has 17 heavy (non-hydrogen) atoms. The van der Waals surface area contributed by atoms with Gasteiger partial charge in [-0.2, -0.15) is 0 Å². The highest BCUT2D eigenvalue weighted by atomic mass is 15.1. The topological polar surface area (TPSA) is 29.3 Å². The largest absolute Gasteiger partial charge is 0.330 e. The molecule has 1 aliphatic carbocycles. The number of nitrogens with zero attached hydrogens (tertiary/aromatic N) is 1. The molecule has 0 bridgehead atoms. The van der Waals surface area contributed by atoms with Crippen LogP contribution in [-0.2, 0) is 0 Å². The van der Waals surface area contributed by atoms with Crippen molar-refractivity contribution in [1.29, 1.82) is 0 Å². The smallest absolute Gasteiger partial charge is 0.00328 e. The Kier molecular flexibility index (Phi) is 4.48. The zero-order valence-corrected chi connectivity index (χ0v) is 11.8. The summed E-state index contributed by atoms with van der Waals surface area (Å²) in [4.78, 5) is 2.71. The zero-order chi connectivity index (χ0) is 12.3. The van der Waals surface area contributed by atoms with E-state index < -0.39 is 0 Å². The van der Waals surface area contributed by atoms with Crippen LogP contribution in [0.25, 0.3) is 0 Å². The van der Waals surface area contributed by atoms with Gasteiger partial charge in [-0.05, 0) is 56.0 Å². The van der Waals surface area contributed by atoms with Crippen LogP contribution >= 0.6 is 0 Å². The zero-order valence-electron chi connectivity index (χ0n) is 11.8. The summed E-state index contributed by atoms with van der Waals surface area (Å²) in [6.07, 6.45) is 8.40. The predicted molar refractivity (Wildman–Crippen MR) is 74.0 cm³/mol. The Morgan fingerprint density at radius 2 is 1.82 bits per heavy atom. The highest BCUT2D eigenvalue weighted by Gasteiger charge is 2.30. The molecule has 1 heterocycles. The lowest BCUT2D eigenvalue weighted by molar-refractivity contribution is 0.0786. The number of rotatable bonds is 3. The number of hydrogen-bond donors (Lipinski definition) is 1. The first kappa shape index (κ1) is 13.4. The molecule has 2 nitrogen and oxygen atoms in total. The summed E-state index contributed by atoms with van der Waals surface area (Å²) < 4.78 is 0. The van der Waals surface area contributed by atoms with Gasteiger partial charge < -0.3 is 10.6 Å². The fourth-order valence-electron chi connectivity index (χ4n) is 3.87. The second-order valence-corrected chi connectivity index (χ2v) is 7.04. The summed E-state index contributed by atoms with van der Waals surface area (Å²) in [5.41, 5.74) is 6.47. The van der Waals surface area contributed by atoms with E-state index in [2.05, 4.69) is 18.7 Å². The number of hydrogen-bond acceptors (Lipinski definition) is 2. The SMILES string of the molecule is CC1(C)CCCN(CC2CCCCC2CN)C1. The molecule has 0 spiro atoms. The van der Waals surface area contributed by atoms with Crippen LogP contribution in [0.2, 0.25) is 0 Å². The van der Waals surface area contributed by atoms with Crippen molar-refractivity contribution in [3.63, 3.8) is 0 Å². The number of nitrogens with two attached hydrogens (primary N) is 1. The monoisotopic (exact) mass is 238 g/mol. The summed E-state index contributed by atoms with van der Waals surface area (Å²) >= 11 is 0. The Bertz CT molecular complexity index is 237. The third kappa shape index (κ3) is 3.69. The predicted octanol–water partition coefficient (Wildman–Crippen LogP) is 2.87. The summed E-state index contributed by atoms with van der Waals surface area (Å²) in [5, 5.41) is 0. The van der Waals surface area contributed by atoms with E-state index in [1.165, 1.54) is 58.2 Å². The van der Waals surface area contributed by atoms with Gasteiger partial charge in [0.15, 0.2) is 0 Å². The average Bonchev–Trinajstić information content (AvgIpc) is 2.28. The van der Waals surface area contributed by atoms with Crippen molar-refractivity contribution in [2.24, 2.45) is 23.0 Å². The van der Waals surface area contributed by atoms with E-state index in [4.69, 9.17) is 5.73 Å². The molecule has 2 rings (SSSR count). The lowest BCUT2D eigenvalue weighted by Crippen LogP contribution is -2.44. The minimum Gasteiger partial charge on any atom is -0.330 e. The number of piperidine rings is 1. The third-order valence-corrected chi connectivity index (χ3v) is 4.84. The van der Waals surface area contributed by atoms with E-state index in [0.29, 0.717) is 5.41 Å². The second kappa shape index (κ2) is 5.71. The van der Waals surface area contributed by atoms with Crippen LogP contribution in [0.4, 0.5) is 0 Å². The molecule has 2 aliphatic rings. The van der Waals surface area contributed by atoms with Gasteiger partial charge >= 0.3 is 0 Å². The lowest BCUT2D eigenvalue weighted by Gasteiger charge is -2.42. The first-order chi connectivity index (χ1) is 8.11. The highest BCUT2D eigenvalue weighted by molar-refractivity contribution is 4.84. The molecule has 100 valence electrons. The maximum absolute atomic E-state index is 5.93. The molecular formula is C15H30N2. The van der Waals surface area contributed by atoms with Crippen molar-refractivity contribution in [2.75, 3.05) is 26.2 Å². The minimum atomic E-state index is 0.533. The van der Waals surface area contributed by atoms with Gasteiger partial charge in [-0.25, -0.2) is 0 Å². The normalized spacial score (nSPS) is 34.8. The Morgan fingerprint density at radius 1 is 1.12 bits per heavy atom. The van der Waals surface area contributed by atoms with Crippen molar-refractivity contribution in [3.8, 4) is 0 Å². The van der Waals surface area contributed by atoms with Crippen LogP contribution < -0.4 is 5.73 Å². The van der Waals surface area contributed by atoms with Gasteiger partial charge in [0.05, 0.1) is 0 Å². The molecule has 0 radical (unpaired) electrons. The Morgan fingerprint density at radius 3 is 2.47 bits per heavy atom. The molecule has 1 aliphatic heterocycles. The Hall–Kier alpha value is -0.0800. The van der Waals surface area contributed by atoms with Crippen LogP contribution in [0.5, 0.6) is 0 Å². The van der Waals surface area contributed by atoms with Gasteiger partial charge in [0.2, 0.25) is 0 Å². The van der Waals surface area contributed by atoms with Crippen molar-refractivity contribution in [2.45, 2.75) is 52.4 Å². The first-order valence-corrected chi connectivity index (χ1v) is 7.53. The molecule has 0 aromatic carbocycles. The van der Waals surface area contributed by atoms with E-state index in [0.717, 1.165) is 18.4 Å². The highest BCUT2D eigenvalue weighted by Crippen LogP contribution is 2.33. The number of likely N-dealkylation sites (tertiary alicyclic amines) is 1. The summed E-state index contributed by atoms with van der Waals surface area (Å²) in [7, 11) is 0. The van der Waals surface area contributed by atoms with Gasteiger partial charge in [0.25, 0.3) is 0 Å². The van der Waals surface area contributed by atoms with Crippen LogP contribution in [0.1, 0.15) is 52.4 Å². The van der Waals surface area contributed by atoms with E-state index >= 15 is 0 Å². The van der Waals surface area contributed by atoms with Gasteiger partial charge in [0, 0.05) is 13.1 Å². The van der Waals surface area contributed by atoms with Crippen LogP contribution in [0.3, 0.4) is 0 Å². The third-order valence-electron chi connectivity index (χ3n) is 4.84. The van der Waals surface area contributed by atoms with Crippen LogP contribution in [-0.4, -0.2) is 31.1 Å². The van der Waals surface area contributed by atoms with E-state index in [1.54, 1.807) is 0 Å².